The van der Waals surface area contributed by atoms with Gasteiger partial charge in [0.15, 0.2) is 0 Å². The SMILES string of the molecule is CC1=NN(c2ccc(F)cc2)C(=O)C1=Cc1c(C)[nH]n(C(=O)c2ccccc2C)c1=O. The van der Waals surface area contributed by atoms with Crippen LogP contribution in [0.15, 0.2) is 64.0 Å². The van der Waals surface area contributed by atoms with Crippen LogP contribution in [-0.4, -0.2) is 27.3 Å². The van der Waals surface area contributed by atoms with Gasteiger partial charge in [0.05, 0.1) is 22.5 Å². The third kappa shape index (κ3) is 3.52. The highest BCUT2D eigenvalue weighted by molar-refractivity contribution is 6.32. The molecule has 0 aliphatic carbocycles. The monoisotopic (exact) mass is 418 g/mol. The molecule has 2 heterocycles. The second-order valence-corrected chi connectivity index (χ2v) is 7.25. The number of carbonyl (C=O) groups is 2. The van der Waals surface area contributed by atoms with Crippen molar-refractivity contribution in [2.45, 2.75) is 20.8 Å². The maximum absolute atomic E-state index is 13.2. The first-order valence-corrected chi connectivity index (χ1v) is 9.57. The molecule has 0 fully saturated rings. The van der Waals surface area contributed by atoms with E-state index < -0.39 is 23.2 Å². The zero-order chi connectivity index (χ0) is 22.3. The molecule has 1 N–H and O–H groups in total. The average Bonchev–Trinajstić information content (AvgIpc) is 3.19. The van der Waals surface area contributed by atoms with Gasteiger partial charge in [0.25, 0.3) is 17.4 Å². The van der Waals surface area contributed by atoms with E-state index in [1.54, 1.807) is 39.0 Å². The van der Waals surface area contributed by atoms with E-state index in [1.807, 2.05) is 6.07 Å². The molecule has 31 heavy (non-hydrogen) atoms. The van der Waals surface area contributed by atoms with Gasteiger partial charge >= 0.3 is 0 Å². The lowest BCUT2D eigenvalue weighted by Crippen LogP contribution is -2.27. The molecule has 3 aromatic rings. The van der Waals surface area contributed by atoms with Crippen LogP contribution in [0.5, 0.6) is 0 Å². The highest BCUT2D eigenvalue weighted by Gasteiger charge is 2.30. The fourth-order valence-electron chi connectivity index (χ4n) is 3.39. The summed E-state index contributed by atoms with van der Waals surface area (Å²) in [5.74, 6) is -1.35. The van der Waals surface area contributed by atoms with Crippen LogP contribution in [0.25, 0.3) is 6.08 Å². The maximum Gasteiger partial charge on any atom is 0.281 e. The van der Waals surface area contributed by atoms with Crippen LogP contribution in [0.1, 0.15) is 34.1 Å². The van der Waals surface area contributed by atoms with Crippen molar-refractivity contribution in [1.82, 2.24) is 9.78 Å². The number of hydrogen-bond donors (Lipinski definition) is 1. The molecule has 1 amide bonds. The van der Waals surface area contributed by atoms with Crippen molar-refractivity contribution in [2.24, 2.45) is 5.10 Å². The van der Waals surface area contributed by atoms with Crippen LogP contribution >= 0.6 is 0 Å². The molecule has 1 aromatic heterocycles. The van der Waals surface area contributed by atoms with Crippen LogP contribution in [0.2, 0.25) is 0 Å². The number of nitrogens with one attached hydrogen (secondary N) is 1. The van der Waals surface area contributed by atoms with Crippen molar-refractivity contribution in [3.8, 4) is 0 Å². The molecule has 1 aliphatic heterocycles. The maximum atomic E-state index is 13.2. The van der Waals surface area contributed by atoms with Crippen molar-refractivity contribution in [1.29, 1.82) is 0 Å². The molecule has 0 spiro atoms. The number of halogens is 1. The molecule has 1 aliphatic rings. The number of aromatic nitrogens is 2. The number of benzene rings is 2. The molecule has 7 nitrogen and oxygen atoms in total. The molecule has 0 radical (unpaired) electrons. The molecule has 0 saturated carbocycles. The van der Waals surface area contributed by atoms with Crippen LogP contribution in [0.3, 0.4) is 0 Å². The average molecular weight is 418 g/mol. The van der Waals surface area contributed by atoms with Crippen molar-refractivity contribution in [2.75, 3.05) is 5.01 Å². The number of amides is 1. The van der Waals surface area contributed by atoms with E-state index in [2.05, 4.69) is 10.2 Å². The fraction of sp³-hybridized carbons (Fsp3) is 0.130. The first kappa shape index (κ1) is 20.2. The summed E-state index contributed by atoms with van der Waals surface area (Å²) in [6, 6.07) is 12.3. The number of rotatable bonds is 3. The Hall–Kier alpha value is -4.07. The lowest BCUT2D eigenvalue weighted by Gasteiger charge is -2.11. The molecule has 0 atom stereocenters. The minimum atomic E-state index is -0.556. The Bertz CT molecular complexity index is 1330. The lowest BCUT2D eigenvalue weighted by molar-refractivity contribution is -0.114. The standard InChI is InChI=1S/C23H19FN4O3/c1-13-6-4-5-7-18(13)21(29)28-23(31)20(15(3)26-28)12-19-14(2)25-27(22(19)30)17-10-8-16(24)9-11-17/h4-12,26H,1-3H3. The Morgan fingerprint density at radius 1 is 1.03 bits per heavy atom. The van der Waals surface area contributed by atoms with E-state index in [0.717, 1.165) is 15.3 Å². The smallest absolute Gasteiger partial charge is 0.281 e. The third-order valence-corrected chi connectivity index (χ3v) is 5.12. The van der Waals surface area contributed by atoms with Crippen molar-refractivity contribution in [3.63, 3.8) is 0 Å². The first-order valence-electron chi connectivity index (χ1n) is 9.57. The second kappa shape index (κ2) is 7.64. The number of aryl methyl sites for hydroxylation is 2. The number of H-pyrrole nitrogens is 1. The molecular weight excluding hydrogens is 399 g/mol. The van der Waals surface area contributed by atoms with Gasteiger partial charge in [-0.15, -0.1) is 0 Å². The molecule has 156 valence electrons. The third-order valence-electron chi connectivity index (χ3n) is 5.12. The van der Waals surface area contributed by atoms with Crippen LogP contribution in [-0.2, 0) is 4.79 Å². The Kier molecular flexibility index (Phi) is 4.98. The zero-order valence-electron chi connectivity index (χ0n) is 17.1. The first-order chi connectivity index (χ1) is 14.8. The summed E-state index contributed by atoms with van der Waals surface area (Å²) in [7, 11) is 0. The molecule has 8 heteroatoms. The van der Waals surface area contributed by atoms with Crippen LogP contribution in [0, 0.1) is 19.7 Å². The van der Waals surface area contributed by atoms with Crippen molar-refractivity contribution >= 4 is 29.3 Å². The van der Waals surface area contributed by atoms with Crippen molar-refractivity contribution < 1.29 is 14.0 Å². The van der Waals surface area contributed by atoms with E-state index in [4.69, 9.17) is 0 Å². The van der Waals surface area contributed by atoms with Gasteiger partial charge in [-0.1, -0.05) is 18.2 Å². The van der Waals surface area contributed by atoms with Gasteiger partial charge in [-0.2, -0.15) is 14.8 Å². The normalized spacial score (nSPS) is 15.0. The number of aromatic amines is 1. The van der Waals surface area contributed by atoms with Crippen LogP contribution < -0.4 is 10.6 Å². The highest BCUT2D eigenvalue weighted by atomic mass is 19.1. The lowest BCUT2D eigenvalue weighted by atomic mass is 10.1. The fourth-order valence-corrected chi connectivity index (χ4v) is 3.39. The second-order valence-electron chi connectivity index (χ2n) is 7.25. The molecule has 4 rings (SSSR count). The summed E-state index contributed by atoms with van der Waals surface area (Å²) >= 11 is 0. The van der Waals surface area contributed by atoms with Gasteiger partial charge in [0.1, 0.15) is 5.82 Å². The molecule has 0 bridgehead atoms. The predicted molar refractivity (Wildman–Crippen MR) is 116 cm³/mol. The van der Waals surface area contributed by atoms with Crippen molar-refractivity contribution in [3.05, 3.63) is 92.7 Å². The summed E-state index contributed by atoms with van der Waals surface area (Å²) in [6.45, 7) is 5.09. The van der Waals surface area contributed by atoms with E-state index in [0.29, 0.717) is 22.7 Å². The minimum absolute atomic E-state index is 0.195. The van der Waals surface area contributed by atoms with Gasteiger partial charge in [-0.25, -0.2) is 4.39 Å². The quantitative estimate of drug-likeness (QED) is 0.661. The Labute approximate surface area is 177 Å². The topological polar surface area (TPSA) is 87.5 Å². The summed E-state index contributed by atoms with van der Waals surface area (Å²) in [5, 5.41) is 8.18. The number of carbonyl (C=O) groups excluding carboxylic acids is 2. The van der Waals surface area contributed by atoms with Gasteiger partial charge < -0.3 is 0 Å². The van der Waals surface area contributed by atoms with Gasteiger partial charge in [-0.3, -0.25) is 19.5 Å². The molecule has 0 unspecified atom stereocenters. The van der Waals surface area contributed by atoms with E-state index in [-0.39, 0.29) is 11.1 Å². The summed E-state index contributed by atoms with van der Waals surface area (Å²) in [5.41, 5.74) is 2.27. The number of hydrazone groups is 1. The minimum Gasteiger partial charge on any atom is -0.292 e. The van der Waals surface area contributed by atoms with Gasteiger partial charge in [0, 0.05) is 11.3 Å². The van der Waals surface area contributed by atoms with Gasteiger partial charge in [0.2, 0.25) is 0 Å². The summed E-state index contributed by atoms with van der Waals surface area (Å²) in [4.78, 5) is 38.7. The van der Waals surface area contributed by atoms with E-state index >= 15 is 0 Å². The Balaban J connectivity index is 1.71. The highest BCUT2D eigenvalue weighted by Crippen LogP contribution is 2.25. The molecular formula is C23H19FN4O3. The van der Waals surface area contributed by atoms with E-state index in [9.17, 15) is 18.8 Å². The number of anilines is 1. The Morgan fingerprint density at radius 2 is 1.71 bits per heavy atom. The number of nitrogens with zero attached hydrogens (tertiary/aromatic N) is 3. The summed E-state index contributed by atoms with van der Waals surface area (Å²) in [6.07, 6.45) is 1.43. The summed E-state index contributed by atoms with van der Waals surface area (Å²) < 4.78 is 14.1. The van der Waals surface area contributed by atoms with Crippen LogP contribution in [0.4, 0.5) is 10.1 Å². The Morgan fingerprint density at radius 3 is 2.39 bits per heavy atom. The number of hydrogen-bond acceptors (Lipinski definition) is 4. The zero-order valence-corrected chi connectivity index (χ0v) is 17.1. The predicted octanol–water partition coefficient (Wildman–Crippen LogP) is 3.43. The largest absolute Gasteiger partial charge is 0.292 e. The molecule has 2 aromatic carbocycles. The molecule has 0 saturated heterocycles. The van der Waals surface area contributed by atoms with Gasteiger partial charge in [-0.05, 0) is 62.7 Å². The van der Waals surface area contributed by atoms with E-state index in [1.165, 1.54) is 30.3 Å².